The molecule has 4 aromatic carbocycles. The lowest BCUT2D eigenvalue weighted by molar-refractivity contribution is 0.101. The van der Waals surface area contributed by atoms with E-state index in [0.29, 0.717) is 50.6 Å². The molecule has 9 nitrogen and oxygen atoms in total. The third-order valence-electron chi connectivity index (χ3n) is 6.39. The Morgan fingerprint density at radius 3 is 1.98 bits per heavy atom. The van der Waals surface area contributed by atoms with Crippen LogP contribution in [0.25, 0.3) is 22.4 Å². The second-order valence-electron chi connectivity index (χ2n) is 9.23. The van der Waals surface area contributed by atoms with Gasteiger partial charge in [0.05, 0.1) is 32.4 Å². The van der Waals surface area contributed by atoms with E-state index in [0.717, 1.165) is 22.2 Å². The summed E-state index contributed by atoms with van der Waals surface area (Å²) in [7, 11) is 4.49. The summed E-state index contributed by atoms with van der Waals surface area (Å²) in [6.07, 6.45) is 0. The van der Waals surface area contributed by atoms with E-state index in [9.17, 15) is 9.59 Å². The van der Waals surface area contributed by atoms with Crippen LogP contribution in [0.3, 0.4) is 0 Å². The number of amides is 2. The lowest BCUT2D eigenvalue weighted by Gasteiger charge is -2.14. The van der Waals surface area contributed by atoms with Gasteiger partial charge in [-0.25, -0.2) is 4.98 Å². The molecule has 0 saturated carbocycles. The number of hydrogen-bond donors (Lipinski definition) is 3. The van der Waals surface area contributed by atoms with Crippen molar-refractivity contribution in [3.8, 4) is 28.6 Å². The van der Waals surface area contributed by atoms with Crippen molar-refractivity contribution < 1.29 is 23.8 Å². The number of H-pyrrole nitrogens is 1. The molecule has 0 saturated heterocycles. The zero-order chi connectivity index (χ0) is 29.1. The number of carbonyl (C=O) groups excluding carboxylic acids is 2. The van der Waals surface area contributed by atoms with Gasteiger partial charge in [-0.3, -0.25) is 9.59 Å². The highest BCUT2D eigenvalue weighted by Gasteiger charge is 2.18. The second-order valence-corrected chi connectivity index (χ2v) is 9.67. The zero-order valence-electron chi connectivity index (χ0n) is 22.8. The molecule has 0 aliphatic heterocycles. The standard InChI is InChI=1S/C31H27ClN4O5/c1-17-11-19(13-21(32)12-17)30(37)33-22-7-5-18(6-8-22)29-35-24-10-9-23(16-25(24)36-29)34-31(38)20-14-26(39-2)28(41-4)27(15-20)40-3/h5-16H,1-4H3,(H,33,37)(H,34,38)(H,35,36). The first-order valence-corrected chi connectivity index (χ1v) is 13.0. The van der Waals surface area contributed by atoms with Gasteiger partial charge in [0, 0.05) is 33.1 Å². The maximum atomic E-state index is 13.0. The number of nitrogens with one attached hydrogen (secondary N) is 3. The highest BCUT2D eigenvalue weighted by Crippen LogP contribution is 2.38. The van der Waals surface area contributed by atoms with Gasteiger partial charge in [0.1, 0.15) is 5.82 Å². The number of aryl methyl sites for hydroxylation is 1. The molecule has 0 radical (unpaired) electrons. The van der Waals surface area contributed by atoms with Crippen LogP contribution in [0.1, 0.15) is 26.3 Å². The van der Waals surface area contributed by atoms with E-state index in [1.54, 1.807) is 48.5 Å². The van der Waals surface area contributed by atoms with Gasteiger partial charge in [0.2, 0.25) is 5.75 Å². The molecule has 0 bridgehead atoms. The van der Waals surface area contributed by atoms with E-state index in [-0.39, 0.29) is 11.8 Å². The number of hydrogen-bond acceptors (Lipinski definition) is 6. The van der Waals surface area contributed by atoms with Crippen LogP contribution in [0.4, 0.5) is 11.4 Å². The van der Waals surface area contributed by atoms with Crippen LogP contribution in [0.2, 0.25) is 5.02 Å². The van der Waals surface area contributed by atoms with Crippen LogP contribution >= 0.6 is 11.6 Å². The number of halogens is 1. The largest absolute Gasteiger partial charge is 0.493 e. The van der Waals surface area contributed by atoms with E-state index >= 15 is 0 Å². The monoisotopic (exact) mass is 570 g/mol. The van der Waals surface area contributed by atoms with Crippen LogP contribution < -0.4 is 24.8 Å². The number of aromatic nitrogens is 2. The van der Waals surface area contributed by atoms with Crippen LogP contribution in [0.15, 0.2) is 72.8 Å². The Balaban J connectivity index is 1.31. The van der Waals surface area contributed by atoms with Crippen molar-refractivity contribution in [1.82, 2.24) is 9.97 Å². The summed E-state index contributed by atoms with van der Waals surface area (Å²) in [6.45, 7) is 1.89. The van der Waals surface area contributed by atoms with Gasteiger partial charge in [-0.1, -0.05) is 11.6 Å². The molecule has 0 spiro atoms. The lowest BCUT2D eigenvalue weighted by atomic mass is 10.1. The number of nitrogens with zero attached hydrogens (tertiary/aromatic N) is 1. The summed E-state index contributed by atoms with van der Waals surface area (Å²) < 4.78 is 16.0. The van der Waals surface area contributed by atoms with Crippen molar-refractivity contribution in [2.75, 3.05) is 32.0 Å². The van der Waals surface area contributed by atoms with Crippen molar-refractivity contribution >= 4 is 45.8 Å². The fourth-order valence-corrected chi connectivity index (χ4v) is 4.71. The molecule has 0 aliphatic carbocycles. The van der Waals surface area contributed by atoms with Gasteiger partial charge in [-0.15, -0.1) is 0 Å². The van der Waals surface area contributed by atoms with Gasteiger partial charge in [-0.2, -0.15) is 0 Å². The summed E-state index contributed by atoms with van der Waals surface area (Å²) in [5.74, 6) is 1.25. The number of methoxy groups -OCH3 is 3. The van der Waals surface area contributed by atoms with Crippen molar-refractivity contribution in [3.05, 3.63) is 94.5 Å². The second kappa shape index (κ2) is 11.6. The minimum atomic E-state index is -0.339. The molecule has 5 aromatic rings. The quantitative estimate of drug-likeness (QED) is 0.191. The molecule has 0 atom stereocenters. The molecular weight excluding hydrogens is 544 g/mol. The van der Waals surface area contributed by atoms with Gasteiger partial charge >= 0.3 is 0 Å². The molecule has 5 rings (SSSR count). The van der Waals surface area contributed by atoms with Gasteiger partial charge in [0.25, 0.3) is 11.8 Å². The molecule has 208 valence electrons. The van der Waals surface area contributed by atoms with E-state index < -0.39 is 0 Å². The van der Waals surface area contributed by atoms with E-state index in [1.165, 1.54) is 21.3 Å². The molecule has 1 heterocycles. The van der Waals surface area contributed by atoms with E-state index in [2.05, 4.69) is 20.6 Å². The average Bonchev–Trinajstić information content (AvgIpc) is 3.39. The molecule has 3 N–H and O–H groups in total. The fourth-order valence-electron chi connectivity index (χ4n) is 4.42. The average molecular weight is 571 g/mol. The molecule has 0 fully saturated rings. The SMILES string of the molecule is COc1cc(C(=O)Nc2ccc3nc(-c4ccc(NC(=O)c5cc(C)cc(Cl)c5)cc4)[nH]c3c2)cc(OC)c1OC. The molecule has 0 aliphatic rings. The first kappa shape index (κ1) is 27.5. The van der Waals surface area contributed by atoms with Gasteiger partial charge in [-0.05, 0) is 85.3 Å². The Morgan fingerprint density at radius 2 is 1.37 bits per heavy atom. The summed E-state index contributed by atoms with van der Waals surface area (Å²) in [5.41, 5.74) is 5.29. The molecule has 41 heavy (non-hydrogen) atoms. The summed E-state index contributed by atoms with van der Waals surface area (Å²) in [4.78, 5) is 33.6. The minimum Gasteiger partial charge on any atom is -0.493 e. The highest BCUT2D eigenvalue weighted by molar-refractivity contribution is 6.31. The lowest BCUT2D eigenvalue weighted by Crippen LogP contribution is -2.12. The van der Waals surface area contributed by atoms with Crippen molar-refractivity contribution in [1.29, 1.82) is 0 Å². The normalized spacial score (nSPS) is 10.8. The summed E-state index contributed by atoms with van der Waals surface area (Å²) >= 11 is 6.09. The Kier molecular flexibility index (Phi) is 7.80. The Bertz CT molecular complexity index is 1720. The van der Waals surface area contributed by atoms with Crippen molar-refractivity contribution in [2.45, 2.75) is 6.92 Å². The Morgan fingerprint density at radius 1 is 0.756 bits per heavy atom. The molecular formula is C31H27ClN4O5. The van der Waals surface area contributed by atoms with Crippen LogP contribution in [0.5, 0.6) is 17.2 Å². The Labute approximate surface area is 241 Å². The predicted molar refractivity (Wildman–Crippen MR) is 160 cm³/mol. The van der Waals surface area contributed by atoms with Gasteiger partial charge < -0.3 is 29.8 Å². The predicted octanol–water partition coefficient (Wildman–Crippen LogP) is 6.72. The summed E-state index contributed by atoms with van der Waals surface area (Å²) in [5, 5.41) is 6.30. The highest BCUT2D eigenvalue weighted by atomic mass is 35.5. The number of imidazole rings is 1. The Hall–Kier alpha value is -5.02. The number of benzene rings is 4. The van der Waals surface area contributed by atoms with E-state index in [1.807, 2.05) is 31.2 Å². The fraction of sp³-hybridized carbons (Fsp3) is 0.129. The number of anilines is 2. The van der Waals surface area contributed by atoms with E-state index in [4.69, 9.17) is 25.8 Å². The molecule has 1 aromatic heterocycles. The number of ether oxygens (including phenoxy) is 3. The third-order valence-corrected chi connectivity index (χ3v) is 6.61. The first-order chi connectivity index (χ1) is 19.8. The minimum absolute atomic E-state index is 0.242. The molecule has 0 unspecified atom stereocenters. The first-order valence-electron chi connectivity index (χ1n) is 12.6. The summed E-state index contributed by atoms with van der Waals surface area (Å²) in [6, 6.07) is 21.1. The number of rotatable bonds is 8. The van der Waals surface area contributed by atoms with Crippen LogP contribution in [-0.4, -0.2) is 43.1 Å². The number of fused-ring (bicyclic) bond motifs is 1. The van der Waals surface area contributed by atoms with Crippen LogP contribution in [0, 0.1) is 6.92 Å². The molecule has 2 amide bonds. The van der Waals surface area contributed by atoms with Crippen LogP contribution in [-0.2, 0) is 0 Å². The zero-order valence-corrected chi connectivity index (χ0v) is 23.6. The maximum Gasteiger partial charge on any atom is 0.255 e. The van der Waals surface area contributed by atoms with Crippen molar-refractivity contribution in [2.24, 2.45) is 0 Å². The third kappa shape index (κ3) is 5.95. The van der Waals surface area contributed by atoms with Crippen molar-refractivity contribution in [3.63, 3.8) is 0 Å². The van der Waals surface area contributed by atoms with Gasteiger partial charge in [0.15, 0.2) is 11.5 Å². The molecule has 10 heteroatoms. The maximum absolute atomic E-state index is 13.0. The smallest absolute Gasteiger partial charge is 0.255 e. The topological polar surface area (TPSA) is 115 Å². The number of aromatic amines is 1. The number of carbonyl (C=O) groups is 2.